The van der Waals surface area contributed by atoms with Crippen LogP contribution in [-0.4, -0.2) is 44.4 Å². The maximum Gasteiger partial charge on any atom is 0.242 e. The number of benzene rings is 1. The fourth-order valence-corrected chi connectivity index (χ4v) is 6.11. The highest BCUT2D eigenvalue weighted by Crippen LogP contribution is 2.35. The molecule has 2 aliphatic rings. The van der Waals surface area contributed by atoms with Crippen LogP contribution in [0.1, 0.15) is 89.5 Å². The van der Waals surface area contributed by atoms with Gasteiger partial charge in [0.05, 0.1) is 0 Å². The molecule has 1 aromatic carbocycles. The van der Waals surface area contributed by atoms with Gasteiger partial charge >= 0.3 is 0 Å². The second kappa shape index (κ2) is 14.0. The molecule has 2 aliphatic carbocycles. The van der Waals surface area contributed by atoms with Gasteiger partial charge in [-0.15, -0.1) is 5.10 Å². The van der Waals surface area contributed by atoms with E-state index in [2.05, 4.69) is 43.5 Å². The maximum absolute atomic E-state index is 13.3. The number of H-pyrrole nitrogens is 1. The summed E-state index contributed by atoms with van der Waals surface area (Å²) in [6, 6.07) is 7.10. The van der Waals surface area contributed by atoms with Crippen LogP contribution in [0.4, 0.5) is 0 Å². The highest BCUT2D eigenvalue weighted by atomic mass is 16.2. The van der Waals surface area contributed by atoms with Gasteiger partial charge in [0.2, 0.25) is 11.8 Å². The summed E-state index contributed by atoms with van der Waals surface area (Å²) >= 11 is 0. The van der Waals surface area contributed by atoms with Gasteiger partial charge in [-0.05, 0) is 59.1 Å². The van der Waals surface area contributed by atoms with E-state index in [0.717, 1.165) is 42.7 Å². The molecular weight excluding hydrogens is 480 g/mol. The van der Waals surface area contributed by atoms with Crippen LogP contribution in [0.2, 0.25) is 0 Å². The molecule has 4 rings (SSSR count). The van der Waals surface area contributed by atoms with Crippen LogP contribution in [0, 0.1) is 23.2 Å². The van der Waals surface area contributed by atoms with E-state index in [9.17, 15) is 9.59 Å². The third-order valence-corrected chi connectivity index (χ3v) is 8.03. The van der Waals surface area contributed by atoms with Crippen molar-refractivity contribution in [1.29, 1.82) is 5.41 Å². The van der Waals surface area contributed by atoms with E-state index in [1.54, 1.807) is 0 Å². The Bertz CT molecular complexity index is 1050. The van der Waals surface area contributed by atoms with Crippen LogP contribution in [0.5, 0.6) is 0 Å². The van der Waals surface area contributed by atoms with Crippen molar-refractivity contribution in [3.8, 4) is 11.4 Å². The van der Waals surface area contributed by atoms with Crippen LogP contribution >= 0.6 is 0 Å². The van der Waals surface area contributed by atoms with Crippen molar-refractivity contribution in [2.75, 3.05) is 0 Å². The molecule has 2 fully saturated rings. The number of hydrogen-bond acceptors (Lipinski definition) is 6. The van der Waals surface area contributed by atoms with Crippen molar-refractivity contribution in [3.63, 3.8) is 0 Å². The maximum atomic E-state index is 13.3. The number of carbonyl (C=O) groups excluding carboxylic acids is 2. The molecule has 206 valence electrons. The highest BCUT2D eigenvalue weighted by molar-refractivity contribution is 5.97. The number of rotatable bonds is 11. The Labute approximate surface area is 225 Å². The molecule has 2 amide bonds. The largest absolute Gasteiger partial charge is 0.350 e. The second-order valence-electron chi connectivity index (χ2n) is 11.1. The Morgan fingerprint density at radius 3 is 2.68 bits per heavy atom. The summed E-state index contributed by atoms with van der Waals surface area (Å²) in [5.74, 6) is 1.73. The Balaban J connectivity index is 1.31. The average molecular weight is 523 g/mol. The van der Waals surface area contributed by atoms with Gasteiger partial charge in [-0.3, -0.25) is 20.3 Å². The van der Waals surface area contributed by atoms with E-state index in [1.807, 2.05) is 24.3 Å². The van der Waals surface area contributed by atoms with Crippen molar-refractivity contribution < 1.29 is 9.59 Å². The summed E-state index contributed by atoms with van der Waals surface area (Å²) in [4.78, 5) is 25.9. The predicted octanol–water partition coefficient (Wildman–Crippen LogP) is 4.07. The number of aromatic amines is 1. The Kier molecular flexibility index (Phi) is 10.2. The minimum absolute atomic E-state index is 0.0890. The third kappa shape index (κ3) is 8.36. The first-order valence-corrected chi connectivity index (χ1v) is 14.3. The average Bonchev–Trinajstić information content (AvgIpc) is 3.60. The lowest BCUT2D eigenvalue weighted by Crippen LogP contribution is -2.52. The molecule has 10 heteroatoms. The molecule has 2 saturated carbocycles. The zero-order valence-corrected chi connectivity index (χ0v) is 22.5. The third-order valence-electron chi connectivity index (χ3n) is 8.03. The Morgan fingerprint density at radius 2 is 1.92 bits per heavy atom. The molecule has 0 radical (unpaired) electrons. The molecule has 0 spiro atoms. The van der Waals surface area contributed by atoms with Gasteiger partial charge < -0.3 is 10.6 Å². The second-order valence-corrected chi connectivity index (χ2v) is 11.1. The van der Waals surface area contributed by atoms with Crippen molar-refractivity contribution in [2.45, 2.75) is 96.6 Å². The van der Waals surface area contributed by atoms with Gasteiger partial charge in [0.25, 0.3) is 0 Å². The fraction of sp³-hybridized carbons (Fsp3) is 0.643. The number of tetrazole rings is 1. The first-order valence-electron chi connectivity index (χ1n) is 14.3. The standard InChI is InChI=1S/C28H42N8O2/c1-2-7-19-12-13-21(14-19)17-25(37)32-28(29)31-24(16-20-8-4-3-5-9-20)27(38)30-18-22-10-6-11-23(15-22)26-33-35-36-34-26/h6,10-11,15,19-21,24H,2-5,7-9,12-14,16-18H2,1H3,(H,30,38)(H3,29,31,32,37)(H,33,34,35,36)/t19-,21?,24-/m1/s1. The minimum Gasteiger partial charge on any atom is -0.350 e. The van der Waals surface area contributed by atoms with Crippen molar-refractivity contribution in [3.05, 3.63) is 29.8 Å². The van der Waals surface area contributed by atoms with E-state index in [4.69, 9.17) is 5.41 Å². The summed E-state index contributed by atoms with van der Waals surface area (Å²) in [5.41, 5.74) is 1.76. The van der Waals surface area contributed by atoms with Gasteiger partial charge in [-0.25, -0.2) is 5.10 Å². The minimum atomic E-state index is -0.576. The van der Waals surface area contributed by atoms with E-state index in [-0.39, 0.29) is 17.8 Å². The molecule has 0 aliphatic heterocycles. The van der Waals surface area contributed by atoms with Gasteiger partial charge in [0.1, 0.15) is 6.04 Å². The van der Waals surface area contributed by atoms with Crippen LogP contribution in [-0.2, 0) is 16.1 Å². The molecule has 0 saturated heterocycles. The molecule has 10 nitrogen and oxygen atoms in total. The molecule has 2 aromatic rings. The molecule has 5 N–H and O–H groups in total. The van der Waals surface area contributed by atoms with Gasteiger partial charge in [-0.2, -0.15) is 0 Å². The summed E-state index contributed by atoms with van der Waals surface area (Å²) in [7, 11) is 0. The lowest BCUT2D eigenvalue weighted by atomic mass is 9.84. The normalized spacial score (nSPS) is 20.6. The lowest BCUT2D eigenvalue weighted by Gasteiger charge is -2.27. The molecule has 0 bridgehead atoms. The Hall–Kier alpha value is -3.30. The van der Waals surface area contributed by atoms with E-state index in [1.165, 1.54) is 38.5 Å². The van der Waals surface area contributed by atoms with E-state index >= 15 is 0 Å². The molecular formula is C28H42N8O2. The number of carbonyl (C=O) groups is 2. The molecule has 1 unspecified atom stereocenters. The van der Waals surface area contributed by atoms with E-state index in [0.29, 0.717) is 37.0 Å². The molecule has 38 heavy (non-hydrogen) atoms. The number of hydrogen-bond donors (Lipinski definition) is 5. The van der Waals surface area contributed by atoms with Gasteiger partial charge in [0.15, 0.2) is 11.8 Å². The van der Waals surface area contributed by atoms with Crippen molar-refractivity contribution in [1.82, 2.24) is 36.6 Å². The monoisotopic (exact) mass is 522 g/mol. The highest BCUT2D eigenvalue weighted by Gasteiger charge is 2.28. The quantitative estimate of drug-likeness (QED) is 0.222. The summed E-state index contributed by atoms with van der Waals surface area (Å²) in [5, 5.41) is 31.1. The van der Waals surface area contributed by atoms with Crippen LogP contribution < -0.4 is 16.0 Å². The number of aromatic nitrogens is 4. The fourth-order valence-electron chi connectivity index (χ4n) is 6.11. The number of guanidine groups is 1. The Morgan fingerprint density at radius 1 is 1.11 bits per heavy atom. The zero-order chi connectivity index (χ0) is 26.7. The molecule has 1 heterocycles. The van der Waals surface area contributed by atoms with Crippen molar-refractivity contribution >= 4 is 17.8 Å². The van der Waals surface area contributed by atoms with Gasteiger partial charge in [0, 0.05) is 18.5 Å². The van der Waals surface area contributed by atoms with Crippen LogP contribution in [0.3, 0.4) is 0 Å². The number of amides is 2. The number of nitrogens with zero attached hydrogens (tertiary/aromatic N) is 3. The SMILES string of the molecule is CCC[C@@H]1CCC(CC(=O)NC(=N)N[C@H](CC2CCCCC2)C(=O)NCc2cccc(-c3nnn[nH]3)c2)C1. The summed E-state index contributed by atoms with van der Waals surface area (Å²) in [6.07, 6.45) is 12.7. The summed E-state index contributed by atoms with van der Waals surface area (Å²) in [6.45, 7) is 2.55. The van der Waals surface area contributed by atoms with E-state index < -0.39 is 6.04 Å². The zero-order valence-electron chi connectivity index (χ0n) is 22.5. The topological polar surface area (TPSA) is 149 Å². The summed E-state index contributed by atoms with van der Waals surface area (Å²) < 4.78 is 0. The number of nitrogens with one attached hydrogen (secondary N) is 5. The predicted molar refractivity (Wildman–Crippen MR) is 146 cm³/mol. The molecule has 1 aromatic heterocycles. The molecule has 3 atom stereocenters. The van der Waals surface area contributed by atoms with Crippen molar-refractivity contribution in [2.24, 2.45) is 17.8 Å². The smallest absolute Gasteiger partial charge is 0.242 e. The van der Waals surface area contributed by atoms with Crippen LogP contribution in [0.25, 0.3) is 11.4 Å². The van der Waals surface area contributed by atoms with Gasteiger partial charge in [-0.1, -0.05) is 76.5 Å². The first kappa shape index (κ1) is 27.7. The lowest BCUT2D eigenvalue weighted by molar-refractivity contribution is -0.124. The first-order chi connectivity index (χ1) is 18.5. The van der Waals surface area contributed by atoms with Crippen LogP contribution in [0.15, 0.2) is 24.3 Å².